The zero-order valence-corrected chi connectivity index (χ0v) is 9.70. The highest BCUT2D eigenvalue weighted by molar-refractivity contribution is 6.31. The van der Waals surface area contributed by atoms with Gasteiger partial charge in [0.15, 0.2) is 6.61 Å². The molecule has 2 N–H and O–H groups in total. The molecule has 1 aliphatic rings. The van der Waals surface area contributed by atoms with Crippen LogP contribution in [0.25, 0.3) is 0 Å². The van der Waals surface area contributed by atoms with Crippen LogP contribution < -0.4 is 15.4 Å². The maximum Gasteiger partial charge on any atom is 0.265 e. The van der Waals surface area contributed by atoms with Gasteiger partial charge in [0.05, 0.1) is 5.69 Å². The monoisotopic (exact) mass is 240 g/mol. The molecule has 0 radical (unpaired) electrons. The summed E-state index contributed by atoms with van der Waals surface area (Å²) in [6.07, 6.45) is 0. The number of hydrogen-bond acceptors (Lipinski definition) is 3. The SMILES string of the molecule is CC(CN)N1C(=O)COc2ccc(Cl)cc21. The second-order valence-electron chi connectivity index (χ2n) is 3.75. The summed E-state index contributed by atoms with van der Waals surface area (Å²) in [5.41, 5.74) is 6.29. The summed E-state index contributed by atoms with van der Waals surface area (Å²) in [4.78, 5) is 13.4. The highest BCUT2D eigenvalue weighted by atomic mass is 35.5. The van der Waals surface area contributed by atoms with Gasteiger partial charge in [0, 0.05) is 17.6 Å². The Morgan fingerprint density at radius 3 is 3.06 bits per heavy atom. The molecule has 0 saturated heterocycles. The summed E-state index contributed by atoms with van der Waals surface area (Å²) in [6.45, 7) is 2.35. The number of benzene rings is 1. The molecule has 0 aromatic heterocycles. The molecule has 5 heteroatoms. The third-order valence-electron chi connectivity index (χ3n) is 2.58. The highest BCUT2D eigenvalue weighted by Crippen LogP contribution is 2.35. The minimum atomic E-state index is -0.0901. The molecule has 0 aliphatic carbocycles. The van der Waals surface area contributed by atoms with Gasteiger partial charge in [-0.25, -0.2) is 0 Å². The Morgan fingerprint density at radius 1 is 1.62 bits per heavy atom. The van der Waals surface area contributed by atoms with Crippen molar-refractivity contribution in [1.82, 2.24) is 0 Å². The van der Waals surface area contributed by atoms with Gasteiger partial charge in [-0.05, 0) is 25.1 Å². The Balaban J connectivity index is 2.46. The molecule has 4 nitrogen and oxygen atoms in total. The van der Waals surface area contributed by atoms with Crippen molar-refractivity contribution >= 4 is 23.2 Å². The van der Waals surface area contributed by atoms with Crippen LogP contribution in [0.5, 0.6) is 5.75 Å². The van der Waals surface area contributed by atoms with E-state index >= 15 is 0 Å². The number of hydrogen-bond donors (Lipinski definition) is 1. The Bertz CT molecular complexity index is 422. The van der Waals surface area contributed by atoms with Gasteiger partial charge in [0.2, 0.25) is 0 Å². The van der Waals surface area contributed by atoms with E-state index in [2.05, 4.69) is 0 Å². The zero-order chi connectivity index (χ0) is 11.7. The summed E-state index contributed by atoms with van der Waals surface area (Å²) < 4.78 is 5.32. The van der Waals surface area contributed by atoms with Crippen LogP contribution in [0.4, 0.5) is 5.69 Å². The number of amides is 1. The van der Waals surface area contributed by atoms with E-state index in [0.29, 0.717) is 23.0 Å². The van der Waals surface area contributed by atoms with Crippen molar-refractivity contribution in [3.8, 4) is 5.75 Å². The lowest BCUT2D eigenvalue weighted by Crippen LogP contribution is -2.47. The smallest absolute Gasteiger partial charge is 0.265 e. The number of nitrogens with zero attached hydrogens (tertiary/aromatic N) is 1. The molecule has 0 fully saturated rings. The lowest BCUT2D eigenvalue weighted by atomic mass is 10.2. The number of anilines is 1. The van der Waals surface area contributed by atoms with Crippen LogP contribution in [0, 0.1) is 0 Å². The van der Waals surface area contributed by atoms with E-state index in [4.69, 9.17) is 22.1 Å². The fourth-order valence-corrected chi connectivity index (χ4v) is 1.90. The minimum absolute atomic E-state index is 0.0545. The van der Waals surface area contributed by atoms with Gasteiger partial charge < -0.3 is 15.4 Å². The molecule has 86 valence electrons. The van der Waals surface area contributed by atoms with Crippen LogP contribution in [-0.4, -0.2) is 25.1 Å². The van der Waals surface area contributed by atoms with Crippen molar-refractivity contribution in [3.05, 3.63) is 23.2 Å². The van der Waals surface area contributed by atoms with Crippen LogP contribution in [0.15, 0.2) is 18.2 Å². The van der Waals surface area contributed by atoms with Crippen LogP contribution >= 0.6 is 11.6 Å². The Morgan fingerprint density at radius 2 is 2.38 bits per heavy atom. The lowest BCUT2D eigenvalue weighted by Gasteiger charge is -2.33. The molecular weight excluding hydrogens is 228 g/mol. The number of ether oxygens (including phenoxy) is 1. The van der Waals surface area contributed by atoms with Crippen molar-refractivity contribution in [2.75, 3.05) is 18.1 Å². The number of nitrogens with two attached hydrogens (primary N) is 1. The Labute approximate surface area is 98.9 Å². The first-order valence-electron chi connectivity index (χ1n) is 5.08. The summed E-state index contributed by atoms with van der Waals surface area (Å²) in [6, 6.07) is 5.16. The fourth-order valence-electron chi connectivity index (χ4n) is 1.73. The molecule has 1 atom stereocenters. The molecule has 1 aromatic carbocycles. The van der Waals surface area contributed by atoms with Crippen molar-refractivity contribution in [3.63, 3.8) is 0 Å². The normalized spacial score (nSPS) is 16.7. The molecular formula is C11H13ClN2O2. The van der Waals surface area contributed by atoms with Crippen molar-refractivity contribution < 1.29 is 9.53 Å². The van der Waals surface area contributed by atoms with Crippen LogP contribution in [0.1, 0.15) is 6.92 Å². The number of carbonyl (C=O) groups excluding carboxylic acids is 1. The summed E-state index contributed by atoms with van der Waals surface area (Å²) in [7, 11) is 0. The average molecular weight is 241 g/mol. The summed E-state index contributed by atoms with van der Waals surface area (Å²) in [5, 5.41) is 0.575. The molecule has 1 unspecified atom stereocenters. The van der Waals surface area contributed by atoms with E-state index < -0.39 is 0 Å². The molecule has 0 bridgehead atoms. The van der Waals surface area contributed by atoms with Gasteiger partial charge in [-0.2, -0.15) is 0 Å². The van der Waals surface area contributed by atoms with Gasteiger partial charge in [-0.15, -0.1) is 0 Å². The molecule has 0 saturated carbocycles. The van der Waals surface area contributed by atoms with E-state index in [1.807, 2.05) is 6.92 Å². The maximum atomic E-state index is 11.8. The lowest BCUT2D eigenvalue weighted by molar-refractivity contribution is -0.121. The zero-order valence-electron chi connectivity index (χ0n) is 8.94. The van der Waals surface area contributed by atoms with Gasteiger partial charge in [0.25, 0.3) is 5.91 Å². The second-order valence-corrected chi connectivity index (χ2v) is 4.19. The topological polar surface area (TPSA) is 55.6 Å². The van der Waals surface area contributed by atoms with Gasteiger partial charge >= 0.3 is 0 Å². The van der Waals surface area contributed by atoms with Crippen molar-refractivity contribution in [2.24, 2.45) is 5.73 Å². The highest BCUT2D eigenvalue weighted by Gasteiger charge is 2.28. The predicted octanol–water partition coefficient (Wildman–Crippen LogP) is 1.41. The van der Waals surface area contributed by atoms with Gasteiger partial charge in [-0.1, -0.05) is 11.6 Å². The average Bonchev–Trinajstić information content (AvgIpc) is 2.28. The quantitative estimate of drug-likeness (QED) is 0.851. The Kier molecular flexibility index (Phi) is 3.03. The van der Waals surface area contributed by atoms with E-state index in [1.54, 1.807) is 23.1 Å². The minimum Gasteiger partial charge on any atom is -0.482 e. The second kappa shape index (κ2) is 4.31. The molecule has 1 aromatic rings. The van der Waals surface area contributed by atoms with E-state index in [1.165, 1.54) is 0 Å². The number of fused-ring (bicyclic) bond motifs is 1. The standard InChI is InChI=1S/C11H13ClN2O2/c1-7(5-13)14-9-4-8(12)2-3-10(9)16-6-11(14)15/h2-4,7H,5-6,13H2,1H3. The molecule has 0 spiro atoms. The molecule has 2 rings (SSSR count). The van der Waals surface area contributed by atoms with Gasteiger partial charge in [0.1, 0.15) is 5.75 Å². The molecule has 1 aliphatic heterocycles. The molecule has 1 amide bonds. The predicted molar refractivity (Wildman–Crippen MR) is 62.9 cm³/mol. The summed E-state index contributed by atoms with van der Waals surface area (Å²) in [5.74, 6) is 0.581. The van der Waals surface area contributed by atoms with Gasteiger partial charge in [-0.3, -0.25) is 4.79 Å². The third-order valence-corrected chi connectivity index (χ3v) is 2.82. The first kappa shape index (κ1) is 11.2. The Hall–Kier alpha value is -1.26. The first-order chi connectivity index (χ1) is 7.63. The first-order valence-corrected chi connectivity index (χ1v) is 5.45. The van der Waals surface area contributed by atoms with E-state index in [0.717, 1.165) is 0 Å². The molecule has 16 heavy (non-hydrogen) atoms. The van der Waals surface area contributed by atoms with Crippen LogP contribution in [-0.2, 0) is 4.79 Å². The van der Waals surface area contributed by atoms with Crippen molar-refractivity contribution in [1.29, 1.82) is 0 Å². The largest absolute Gasteiger partial charge is 0.482 e. The van der Waals surface area contributed by atoms with Crippen LogP contribution in [0.3, 0.4) is 0 Å². The fraction of sp³-hybridized carbons (Fsp3) is 0.364. The molecule has 1 heterocycles. The number of rotatable bonds is 2. The number of halogens is 1. The summed E-state index contributed by atoms with van der Waals surface area (Å²) >= 11 is 5.91. The van der Waals surface area contributed by atoms with E-state index in [-0.39, 0.29) is 18.6 Å². The third kappa shape index (κ3) is 1.86. The van der Waals surface area contributed by atoms with Crippen LogP contribution in [0.2, 0.25) is 5.02 Å². The van der Waals surface area contributed by atoms with Crippen molar-refractivity contribution in [2.45, 2.75) is 13.0 Å². The number of carbonyl (C=O) groups is 1. The van der Waals surface area contributed by atoms with E-state index in [9.17, 15) is 4.79 Å². The maximum absolute atomic E-state index is 11.8.